The van der Waals surface area contributed by atoms with Crippen LogP contribution in [0.4, 0.5) is 17.1 Å². The molecule has 6 aliphatic rings. The Morgan fingerprint density at radius 2 is 1.72 bits per heavy atom. The summed E-state index contributed by atoms with van der Waals surface area (Å²) >= 11 is 0. The average molecular weight is 901 g/mol. The Morgan fingerprint density at radius 1 is 0.938 bits per heavy atom. The number of sulfonamides is 1. The molecule has 6 fully saturated rings. The van der Waals surface area contributed by atoms with E-state index in [1.807, 2.05) is 17.0 Å². The van der Waals surface area contributed by atoms with Crippen molar-refractivity contribution in [1.82, 2.24) is 24.5 Å². The molecule has 1 atom stereocenters. The van der Waals surface area contributed by atoms with E-state index in [0.717, 1.165) is 75.9 Å². The number of ether oxygens (including phenoxy) is 2. The third kappa shape index (κ3) is 7.71. The Labute approximate surface area is 379 Å². The van der Waals surface area contributed by atoms with Gasteiger partial charge in [0.25, 0.3) is 21.6 Å². The van der Waals surface area contributed by atoms with Crippen LogP contribution in [-0.4, -0.2) is 110 Å². The number of nitro groups is 1. The lowest BCUT2D eigenvalue weighted by Crippen LogP contribution is -2.75. The summed E-state index contributed by atoms with van der Waals surface area (Å²) in [6.07, 6.45) is 10.3. The molecule has 2 N–H and O–H groups in total. The number of nitrogens with zero attached hydrogens (tertiary/aromatic N) is 6. The summed E-state index contributed by atoms with van der Waals surface area (Å²) in [4.78, 5) is 42.4. The number of aromatic amines is 1. The van der Waals surface area contributed by atoms with Gasteiger partial charge in [0.2, 0.25) is 0 Å². The van der Waals surface area contributed by atoms with Crippen LogP contribution in [0.15, 0.2) is 90.1 Å². The molecule has 1 unspecified atom stereocenters. The van der Waals surface area contributed by atoms with Gasteiger partial charge in [0, 0.05) is 86.2 Å². The van der Waals surface area contributed by atoms with Gasteiger partial charge in [-0.3, -0.25) is 24.7 Å². The number of nitrogens with one attached hydrogen (secondary N) is 2. The van der Waals surface area contributed by atoms with Crippen molar-refractivity contribution in [3.63, 3.8) is 0 Å². The molecule has 5 aliphatic heterocycles. The second kappa shape index (κ2) is 16.1. The predicted molar refractivity (Wildman–Crippen MR) is 247 cm³/mol. The van der Waals surface area contributed by atoms with Crippen molar-refractivity contribution in [2.75, 3.05) is 68.8 Å². The largest absolute Gasteiger partial charge is 0.455 e. The van der Waals surface area contributed by atoms with Crippen LogP contribution in [0, 0.1) is 20.9 Å². The number of carbonyl (C=O) groups is 1. The van der Waals surface area contributed by atoms with E-state index >= 15 is 0 Å². The van der Waals surface area contributed by atoms with Crippen molar-refractivity contribution in [3.8, 4) is 11.5 Å². The maximum absolute atomic E-state index is 14.0. The number of likely N-dealkylation sites (tertiary alicyclic amines) is 2. The lowest BCUT2D eigenvalue weighted by Gasteiger charge is -2.63. The van der Waals surface area contributed by atoms with Gasteiger partial charge in [0.05, 0.1) is 40.8 Å². The summed E-state index contributed by atoms with van der Waals surface area (Å²) in [5, 5.41) is 13.1. The van der Waals surface area contributed by atoms with Gasteiger partial charge < -0.3 is 24.3 Å². The fourth-order valence-corrected chi connectivity index (χ4v) is 12.8. The monoisotopic (exact) mass is 900 g/mol. The molecule has 7 heterocycles. The maximum Gasteiger partial charge on any atom is 0.293 e. The number of aromatic nitrogens is 2. The minimum Gasteiger partial charge on any atom is -0.455 e. The summed E-state index contributed by atoms with van der Waals surface area (Å²) in [5.74, 6) is 0.132. The number of pyridine rings is 1. The molecule has 0 bridgehead atoms. The molecule has 11 rings (SSSR count). The summed E-state index contributed by atoms with van der Waals surface area (Å²) in [6.45, 7) is 12.1. The van der Waals surface area contributed by atoms with Crippen molar-refractivity contribution >= 4 is 44.0 Å². The Morgan fingerprint density at radius 3 is 2.46 bits per heavy atom. The lowest BCUT2D eigenvalue weighted by atomic mass is 9.59. The fourth-order valence-electron chi connectivity index (χ4n) is 11.8. The molecule has 3 aromatic carbocycles. The molecular formula is C49H56N8O7S. The summed E-state index contributed by atoms with van der Waals surface area (Å²) in [6, 6.07) is 23.3. The highest BCUT2D eigenvalue weighted by Gasteiger charge is 2.55. The third-order valence-electron chi connectivity index (χ3n) is 15.4. The van der Waals surface area contributed by atoms with Crippen LogP contribution in [0.3, 0.4) is 0 Å². The standard InChI is InChI=1S/C49H56N8O7S/c1-32(2)39-6-3-4-7-40(39)42-8-5-17-56(42)35-23-48(24-35)14-18-53(19-15-48)34-9-11-41(45(21-34)64-37-20-33-13-16-50-46(33)51-25-37)47(58)52-65(61,62)38-10-12-43(44(22-38)57(59)60)55-30-49(31-55)28-54(29-49)36-26-63-27-36/h3-4,6-7,9-13,16,20-22,25,32,35-36,42H,5,8,14-15,17-19,23-24,26-31H2,1-2H3,(H,50,51)(H,52,58). The molecule has 0 radical (unpaired) electrons. The number of hydrogen-bond acceptors (Lipinski definition) is 12. The number of anilines is 2. The number of amides is 1. The Balaban J connectivity index is 0.784. The highest BCUT2D eigenvalue weighted by atomic mass is 32.2. The van der Waals surface area contributed by atoms with Crippen LogP contribution in [0.5, 0.6) is 11.5 Å². The van der Waals surface area contributed by atoms with Gasteiger partial charge in [-0.15, -0.1) is 0 Å². The Bertz CT molecular complexity index is 2760. The SMILES string of the molecule is CC(C)c1ccccc1C1CCCN1C1CC2(CCN(c3ccc(C(=O)NS(=O)(=O)c4ccc(N5CC6(C5)CN(C5COC5)C6)c([N+](=O)[O-])c4)c(Oc4cnc5[nH]ccc5c4)c3)CC2)C1. The van der Waals surface area contributed by atoms with Crippen molar-refractivity contribution in [1.29, 1.82) is 0 Å². The van der Waals surface area contributed by atoms with Gasteiger partial charge in [0.1, 0.15) is 22.8 Å². The average Bonchev–Trinajstić information content (AvgIpc) is 3.92. The van der Waals surface area contributed by atoms with E-state index in [2.05, 4.69) is 67.5 Å². The number of H-pyrrole nitrogens is 1. The first kappa shape index (κ1) is 42.1. The number of nitro benzene ring substituents is 1. The van der Waals surface area contributed by atoms with Gasteiger partial charge >= 0.3 is 0 Å². The molecule has 15 nitrogen and oxygen atoms in total. The van der Waals surface area contributed by atoms with Crippen LogP contribution in [-0.2, 0) is 14.8 Å². The summed E-state index contributed by atoms with van der Waals surface area (Å²) < 4.78 is 41.5. The minimum absolute atomic E-state index is 0.000940. The van der Waals surface area contributed by atoms with Gasteiger partial charge in [0.15, 0.2) is 0 Å². The van der Waals surface area contributed by atoms with E-state index in [1.165, 1.54) is 48.9 Å². The van der Waals surface area contributed by atoms with Crippen LogP contribution in [0.2, 0.25) is 0 Å². The first-order chi connectivity index (χ1) is 31.3. The van der Waals surface area contributed by atoms with Crippen LogP contribution < -0.4 is 19.3 Å². The zero-order valence-electron chi connectivity index (χ0n) is 36.9. The number of fused-ring (bicyclic) bond motifs is 1. The van der Waals surface area contributed by atoms with Crippen LogP contribution >= 0.6 is 0 Å². The predicted octanol–water partition coefficient (Wildman–Crippen LogP) is 7.61. The minimum atomic E-state index is -4.54. The van der Waals surface area contributed by atoms with Gasteiger partial charge in [-0.1, -0.05) is 38.1 Å². The van der Waals surface area contributed by atoms with Crippen LogP contribution in [0.1, 0.15) is 85.8 Å². The van der Waals surface area contributed by atoms with Crippen molar-refractivity contribution in [3.05, 3.63) is 112 Å². The van der Waals surface area contributed by atoms with Crippen molar-refractivity contribution in [2.24, 2.45) is 10.8 Å². The zero-order chi connectivity index (χ0) is 44.7. The number of benzene rings is 3. The molecule has 340 valence electrons. The zero-order valence-corrected chi connectivity index (χ0v) is 37.8. The number of rotatable bonds is 12. The molecule has 65 heavy (non-hydrogen) atoms. The summed E-state index contributed by atoms with van der Waals surface area (Å²) in [5.41, 5.74) is 4.95. The first-order valence-electron chi connectivity index (χ1n) is 23.1. The molecule has 2 aromatic heterocycles. The highest BCUT2D eigenvalue weighted by molar-refractivity contribution is 7.90. The van der Waals surface area contributed by atoms with E-state index in [-0.39, 0.29) is 27.3 Å². The quantitative estimate of drug-likeness (QED) is 0.0931. The van der Waals surface area contributed by atoms with Gasteiger partial charge in [-0.2, -0.15) is 0 Å². The van der Waals surface area contributed by atoms with Gasteiger partial charge in [-0.25, -0.2) is 18.1 Å². The molecular weight excluding hydrogens is 845 g/mol. The van der Waals surface area contributed by atoms with Gasteiger partial charge in [-0.05, 0) is 104 Å². The highest BCUT2D eigenvalue weighted by Crippen LogP contribution is 2.54. The number of carbonyl (C=O) groups excluding carboxylic acids is 1. The molecule has 1 aliphatic carbocycles. The molecule has 5 saturated heterocycles. The Kier molecular flexibility index (Phi) is 10.4. The van der Waals surface area contributed by atoms with E-state index in [1.54, 1.807) is 30.6 Å². The van der Waals surface area contributed by atoms with Crippen LogP contribution in [0.25, 0.3) is 11.0 Å². The second-order valence-corrected chi connectivity index (χ2v) is 21.6. The first-order valence-corrected chi connectivity index (χ1v) is 24.6. The van der Waals surface area contributed by atoms with E-state index in [4.69, 9.17) is 9.47 Å². The number of hydrogen-bond donors (Lipinski definition) is 2. The lowest BCUT2D eigenvalue weighted by molar-refractivity contribution is -0.384. The number of piperidine rings is 1. The Hall–Kier alpha value is -5.55. The third-order valence-corrected chi connectivity index (χ3v) is 16.7. The molecule has 2 spiro atoms. The van der Waals surface area contributed by atoms with E-state index in [9.17, 15) is 23.3 Å². The van der Waals surface area contributed by atoms with Crippen molar-refractivity contribution in [2.45, 2.75) is 81.3 Å². The molecule has 16 heteroatoms. The summed E-state index contributed by atoms with van der Waals surface area (Å²) in [7, 11) is -4.54. The molecule has 1 saturated carbocycles. The normalized spacial score (nSPS) is 22.2. The molecule has 1 amide bonds. The smallest absolute Gasteiger partial charge is 0.293 e. The van der Waals surface area contributed by atoms with Crippen molar-refractivity contribution < 1.29 is 27.6 Å². The topological polar surface area (TPSA) is 166 Å². The fraction of sp³-hybridized carbons (Fsp3) is 0.469. The molecule has 5 aromatic rings. The van der Waals surface area contributed by atoms with E-state index < -0.39 is 20.9 Å². The van der Waals surface area contributed by atoms with E-state index in [0.29, 0.717) is 59.6 Å². The maximum atomic E-state index is 14.0. The second-order valence-electron chi connectivity index (χ2n) is 19.9.